The first kappa shape index (κ1) is 25.4. The van der Waals surface area contributed by atoms with Gasteiger partial charge in [0.15, 0.2) is 6.61 Å². The predicted molar refractivity (Wildman–Crippen MR) is 132 cm³/mol. The fourth-order valence-corrected chi connectivity index (χ4v) is 3.72. The van der Waals surface area contributed by atoms with Crippen LogP contribution in [0.4, 0.5) is 21.5 Å². The summed E-state index contributed by atoms with van der Waals surface area (Å²) in [7, 11) is 0. The van der Waals surface area contributed by atoms with E-state index in [1.165, 1.54) is 31.2 Å². The molecule has 3 amide bonds. The largest absolute Gasteiger partial charge is 0.452 e. The van der Waals surface area contributed by atoms with E-state index in [0.717, 1.165) is 11.8 Å². The Balaban J connectivity index is 1.50. The van der Waals surface area contributed by atoms with Gasteiger partial charge in [-0.05, 0) is 60.7 Å². The summed E-state index contributed by atoms with van der Waals surface area (Å²) in [6, 6.07) is 18.4. The Kier molecular flexibility index (Phi) is 8.96. The first-order valence-corrected chi connectivity index (χ1v) is 11.4. The maximum Gasteiger partial charge on any atom is 0.339 e. The second-order valence-corrected chi connectivity index (χ2v) is 8.24. The molecule has 3 aromatic carbocycles. The smallest absolute Gasteiger partial charge is 0.339 e. The lowest BCUT2D eigenvalue weighted by atomic mass is 10.2. The molecule has 0 unspecified atom stereocenters. The summed E-state index contributed by atoms with van der Waals surface area (Å²) >= 11 is 1.13. The van der Waals surface area contributed by atoms with Crippen molar-refractivity contribution >= 4 is 52.5 Å². The summed E-state index contributed by atoms with van der Waals surface area (Å²) in [6.45, 7) is 0.889. The van der Waals surface area contributed by atoms with Gasteiger partial charge in [0.2, 0.25) is 11.8 Å². The van der Waals surface area contributed by atoms with Gasteiger partial charge in [-0.25, -0.2) is 9.18 Å². The summed E-state index contributed by atoms with van der Waals surface area (Å²) < 4.78 is 18.1. The minimum atomic E-state index is -0.705. The van der Waals surface area contributed by atoms with E-state index in [2.05, 4.69) is 16.0 Å². The number of amides is 3. The third kappa shape index (κ3) is 8.27. The van der Waals surface area contributed by atoms with Crippen molar-refractivity contribution in [2.24, 2.45) is 0 Å². The van der Waals surface area contributed by atoms with E-state index >= 15 is 0 Å². The number of rotatable bonds is 9. The van der Waals surface area contributed by atoms with E-state index in [0.29, 0.717) is 22.0 Å². The molecule has 0 aliphatic rings. The molecule has 0 aliphatic heterocycles. The quantitative estimate of drug-likeness (QED) is 0.301. The van der Waals surface area contributed by atoms with E-state index in [1.807, 2.05) is 0 Å². The second-order valence-electron chi connectivity index (χ2n) is 7.22. The molecule has 0 aliphatic carbocycles. The topological polar surface area (TPSA) is 114 Å². The van der Waals surface area contributed by atoms with Crippen LogP contribution in [0.25, 0.3) is 0 Å². The van der Waals surface area contributed by atoms with Crippen LogP contribution < -0.4 is 16.0 Å². The second kappa shape index (κ2) is 12.3. The number of thioether (sulfide) groups is 1. The molecule has 3 rings (SSSR count). The van der Waals surface area contributed by atoms with Crippen LogP contribution in [0.5, 0.6) is 0 Å². The van der Waals surface area contributed by atoms with Crippen molar-refractivity contribution in [2.75, 3.05) is 28.3 Å². The normalized spacial score (nSPS) is 10.2. The molecule has 8 nitrogen and oxygen atoms in total. The summed E-state index contributed by atoms with van der Waals surface area (Å²) in [4.78, 5) is 48.5. The maximum atomic E-state index is 13.0. The van der Waals surface area contributed by atoms with Crippen LogP contribution in [0.15, 0.2) is 77.7 Å². The number of hydrogen-bond donors (Lipinski definition) is 3. The summed E-state index contributed by atoms with van der Waals surface area (Å²) in [6.07, 6.45) is 0. The Morgan fingerprint density at radius 1 is 0.771 bits per heavy atom. The molecule has 0 saturated carbocycles. The van der Waals surface area contributed by atoms with E-state index in [1.54, 1.807) is 48.5 Å². The number of benzene rings is 3. The molecule has 0 heterocycles. The van der Waals surface area contributed by atoms with Crippen LogP contribution in [0, 0.1) is 5.82 Å². The van der Waals surface area contributed by atoms with Crippen molar-refractivity contribution in [2.45, 2.75) is 11.8 Å². The predicted octanol–water partition coefficient (Wildman–Crippen LogP) is 4.31. The number of carbonyl (C=O) groups is 4. The highest BCUT2D eigenvalue weighted by Gasteiger charge is 2.16. The van der Waals surface area contributed by atoms with Crippen molar-refractivity contribution < 1.29 is 28.3 Å². The fourth-order valence-electron chi connectivity index (χ4n) is 2.88. The Morgan fingerprint density at radius 3 is 1.94 bits per heavy atom. The zero-order chi connectivity index (χ0) is 25.2. The van der Waals surface area contributed by atoms with Gasteiger partial charge in [-0.3, -0.25) is 14.4 Å². The van der Waals surface area contributed by atoms with Gasteiger partial charge in [0.1, 0.15) is 5.82 Å². The summed E-state index contributed by atoms with van der Waals surface area (Å²) in [5, 5.41) is 7.87. The molecule has 0 bridgehead atoms. The van der Waals surface area contributed by atoms with Gasteiger partial charge in [-0.15, -0.1) is 11.8 Å². The van der Waals surface area contributed by atoms with Crippen LogP contribution in [0.3, 0.4) is 0 Å². The number of anilines is 3. The van der Waals surface area contributed by atoms with Crippen LogP contribution in [-0.2, 0) is 19.1 Å². The molecule has 0 aromatic heterocycles. The fraction of sp³-hybridized carbons (Fsp3) is 0.120. The minimum Gasteiger partial charge on any atom is -0.452 e. The number of ether oxygens (including phenoxy) is 1. The van der Waals surface area contributed by atoms with Crippen LogP contribution in [-0.4, -0.2) is 36.1 Å². The van der Waals surface area contributed by atoms with Gasteiger partial charge >= 0.3 is 5.97 Å². The Morgan fingerprint density at radius 2 is 1.31 bits per heavy atom. The molecule has 3 N–H and O–H groups in total. The molecule has 3 aromatic rings. The van der Waals surface area contributed by atoms with Crippen LogP contribution in [0.1, 0.15) is 17.3 Å². The molecule has 0 spiro atoms. The first-order chi connectivity index (χ1) is 16.8. The average Bonchev–Trinajstić information content (AvgIpc) is 2.84. The Labute approximate surface area is 205 Å². The minimum absolute atomic E-state index is 0.0106. The third-order valence-corrected chi connectivity index (χ3v) is 5.49. The molecule has 0 fully saturated rings. The summed E-state index contributed by atoms with van der Waals surface area (Å²) in [5.74, 6) is -2.17. The molecular weight excluding hydrogens is 473 g/mol. The first-order valence-electron chi connectivity index (χ1n) is 10.4. The lowest BCUT2D eigenvalue weighted by Gasteiger charge is -2.10. The maximum absolute atomic E-state index is 13.0. The van der Waals surface area contributed by atoms with Crippen molar-refractivity contribution in [3.8, 4) is 0 Å². The lowest BCUT2D eigenvalue weighted by molar-refractivity contribution is -0.119. The van der Waals surface area contributed by atoms with Crippen molar-refractivity contribution in [3.05, 3.63) is 84.2 Å². The Bertz CT molecular complexity index is 1220. The molecule has 0 saturated heterocycles. The number of halogens is 1. The monoisotopic (exact) mass is 495 g/mol. The molecule has 35 heavy (non-hydrogen) atoms. The highest BCUT2D eigenvalue weighted by Crippen LogP contribution is 2.24. The molecule has 180 valence electrons. The number of nitrogens with one attached hydrogen (secondary N) is 3. The number of esters is 1. The zero-order valence-electron chi connectivity index (χ0n) is 18.7. The molecule has 0 atom stereocenters. The van der Waals surface area contributed by atoms with Crippen molar-refractivity contribution in [3.63, 3.8) is 0 Å². The standard InChI is InChI=1S/C25H22FN3O5S/c1-16(30)27-18-10-12-20(13-11-18)28-23(31)14-34-25(33)21-4-2-3-5-22(21)35-15-24(32)29-19-8-6-17(26)7-9-19/h2-13H,14-15H2,1H3,(H,27,30)(H,28,31)(H,29,32). The van der Waals surface area contributed by atoms with Gasteiger partial charge in [0.05, 0.1) is 11.3 Å². The highest BCUT2D eigenvalue weighted by atomic mass is 32.2. The van der Waals surface area contributed by atoms with Gasteiger partial charge in [-0.2, -0.15) is 0 Å². The van der Waals surface area contributed by atoms with E-state index in [4.69, 9.17) is 4.74 Å². The molecule has 0 radical (unpaired) electrons. The lowest BCUT2D eigenvalue weighted by Crippen LogP contribution is -2.21. The molecular formula is C25H22FN3O5S. The van der Waals surface area contributed by atoms with E-state index in [9.17, 15) is 23.6 Å². The van der Waals surface area contributed by atoms with Gasteiger partial charge < -0.3 is 20.7 Å². The SMILES string of the molecule is CC(=O)Nc1ccc(NC(=O)COC(=O)c2ccccc2SCC(=O)Nc2ccc(F)cc2)cc1. The average molecular weight is 496 g/mol. The number of carbonyl (C=O) groups excluding carboxylic acids is 4. The van der Waals surface area contributed by atoms with Gasteiger partial charge in [0.25, 0.3) is 5.91 Å². The third-order valence-electron chi connectivity index (χ3n) is 4.42. The van der Waals surface area contributed by atoms with Gasteiger partial charge in [-0.1, -0.05) is 12.1 Å². The van der Waals surface area contributed by atoms with Crippen LogP contribution in [0.2, 0.25) is 0 Å². The van der Waals surface area contributed by atoms with Crippen molar-refractivity contribution in [1.29, 1.82) is 0 Å². The zero-order valence-corrected chi connectivity index (χ0v) is 19.5. The van der Waals surface area contributed by atoms with Crippen LogP contribution >= 0.6 is 11.8 Å². The summed E-state index contributed by atoms with van der Waals surface area (Å²) in [5.41, 5.74) is 1.74. The molecule has 10 heteroatoms. The number of hydrogen-bond acceptors (Lipinski definition) is 6. The Hall–Kier alpha value is -4.18. The van der Waals surface area contributed by atoms with E-state index < -0.39 is 24.3 Å². The van der Waals surface area contributed by atoms with Gasteiger partial charge in [0, 0.05) is 28.9 Å². The highest BCUT2D eigenvalue weighted by molar-refractivity contribution is 8.00. The van der Waals surface area contributed by atoms with E-state index in [-0.39, 0.29) is 23.1 Å². The van der Waals surface area contributed by atoms with Crippen molar-refractivity contribution in [1.82, 2.24) is 0 Å².